The molecule has 0 aliphatic rings. The molecule has 0 heterocycles. The Hall–Kier alpha value is -2.51. The number of halogens is 1. The Morgan fingerprint density at radius 3 is 2.53 bits per heavy atom. The lowest BCUT2D eigenvalue weighted by Crippen LogP contribution is -2.12. The fraction of sp³-hybridized carbons (Fsp3) is 0. The summed E-state index contributed by atoms with van der Waals surface area (Å²) >= 11 is 5.99. The number of hydrogen-bond acceptors (Lipinski definition) is 3. The second-order valence-corrected chi connectivity index (χ2v) is 4.23. The zero-order valence-corrected chi connectivity index (χ0v) is 10.6. The molecule has 0 atom stereocenters. The van der Waals surface area contributed by atoms with Crippen LogP contribution in [-0.2, 0) is 0 Å². The van der Waals surface area contributed by atoms with Crippen molar-refractivity contribution in [2.24, 2.45) is 0 Å². The highest BCUT2D eigenvalue weighted by Crippen LogP contribution is 2.22. The van der Waals surface area contributed by atoms with Crippen molar-refractivity contribution in [1.29, 1.82) is 5.26 Å². The van der Waals surface area contributed by atoms with Crippen LogP contribution in [0.5, 0.6) is 0 Å². The topological polar surface area (TPSA) is 78.9 Å². The predicted molar refractivity (Wildman–Crippen MR) is 75.0 cm³/mol. The number of nitriles is 1. The van der Waals surface area contributed by atoms with Crippen molar-refractivity contribution in [3.8, 4) is 6.07 Å². The second-order valence-electron chi connectivity index (χ2n) is 3.86. The number of amides is 1. The molecule has 94 valence electrons. The van der Waals surface area contributed by atoms with Gasteiger partial charge in [-0.2, -0.15) is 5.26 Å². The molecule has 4 nitrogen and oxygen atoms in total. The normalized spacial score (nSPS) is 9.68. The molecular formula is C14H10ClN3O. The van der Waals surface area contributed by atoms with Crippen molar-refractivity contribution in [3.63, 3.8) is 0 Å². The first-order valence-corrected chi connectivity index (χ1v) is 5.85. The Balaban J connectivity index is 2.26. The fourth-order valence-corrected chi connectivity index (χ4v) is 1.81. The van der Waals surface area contributed by atoms with Crippen molar-refractivity contribution >= 4 is 28.9 Å². The molecule has 5 heteroatoms. The van der Waals surface area contributed by atoms with Crippen LogP contribution in [0.2, 0.25) is 5.02 Å². The van der Waals surface area contributed by atoms with Gasteiger partial charge >= 0.3 is 0 Å². The number of benzene rings is 2. The summed E-state index contributed by atoms with van der Waals surface area (Å²) in [5.74, 6) is -0.369. The Bertz CT molecular complexity index is 659. The Labute approximate surface area is 115 Å². The van der Waals surface area contributed by atoms with Crippen LogP contribution in [0, 0.1) is 11.3 Å². The maximum atomic E-state index is 12.1. The molecular weight excluding hydrogens is 262 g/mol. The van der Waals surface area contributed by atoms with Crippen LogP contribution in [0.4, 0.5) is 11.4 Å². The minimum atomic E-state index is -0.369. The Morgan fingerprint density at radius 1 is 1.21 bits per heavy atom. The number of nitrogens with two attached hydrogens (primary N) is 1. The molecule has 0 spiro atoms. The molecule has 2 aromatic rings. The summed E-state index contributed by atoms with van der Waals surface area (Å²) in [7, 11) is 0. The quantitative estimate of drug-likeness (QED) is 0.824. The van der Waals surface area contributed by atoms with Gasteiger partial charge < -0.3 is 11.1 Å². The number of nitrogens with one attached hydrogen (secondary N) is 1. The highest BCUT2D eigenvalue weighted by molar-refractivity contribution is 6.35. The number of anilines is 2. The molecule has 1 amide bonds. The van der Waals surface area contributed by atoms with E-state index in [1.165, 1.54) is 0 Å². The van der Waals surface area contributed by atoms with E-state index in [-0.39, 0.29) is 22.1 Å². The summed E-state index contributed by atoms with van der Waals surface area (Å²) in [5, 5.41) is 11.7. The molecule has 2 aromatic carbocycles. The fourth-order valence-electron chi connectivity index (χ4n) is 1.56. The van der Waals surface area contributed by atoms with Gasteiger partial charge in [-0.1, -0.05) is 17.7 Å². The van der Waals surface area contributed by atoms with E-state index in [9.17, 15) is 4.79 Å². The summed E-state index contributed by atoms with van der Waals surface area (Å²) in [5.41, 5.74) is 7.31. The SMILES string of the molecule is N#Cc1cccc(C(=O)Nc2ccc(N)cc2)c1Cl. The molecule has 19 heavy (non-hydrogen) atoms. The van der Waals surface area contributed by atoms with E-state index < -0.39 is 0 Å². The number of rotatable bonds is 2. The van der Waals surface area contributed by atoms with Crippen molar-refractivity contribution < 1.29 is 4.79 Å². The van der Waals surface area contributed by atoms with E-state index in [4.69, 9.17) is 22.6 Å². The van der Waals surface area contributed by atoms with Crippen LogP contribution in [0.15, 0.2) is 42.5 Å². The Kier molecular flexibility index (Phi) is 3.69. The first kappa shape index (κ1) is 12.9. The summed E-state index contributed by atoms with van der Waals surface area (Å²) in [6.07, 6.45) is 0. The largest absolute Gasteiger partial charge is 0.399 e. The van der Waals surface area contributed by atoms with Crippen molar-refractivity contribution in [2.45, 2.75) is 0 Å². The van der Waals surface area contributed by atoms with Gasteiger partial charge in [0.25, 0.3) is 5.91 Å². The van der Waals surface area contributed by atoms with E-state index in [1.54, 1.807) is 42.5 Å². The minimum Gasteiger partial charge on any atom is -0.399 e. The molecule has 0 saturated heterocycles. The summed E-state index contributed by atoms with van der Waals surface area (Å²) in [6.45, 7) is 0. The standard InChI is InChI=1S/C14H10ClN3O/c15-13-9(8-16)2-1-3-12(13)14(19)18-11-6-4-10(17)5-7-11/h1-7H,17H2,(H,18,19). The third-order valence-electron chi connectivity index (χ3n) is 2.53. The molecule has 0 unspecified atom stereocenters. The molecule has 0 radical (unpaired) electrons. The lowest BCUT2D eigenvalue weighted by molar-refractivity contribution is 0.102. The average molecular weight is 272 g/mol. The lowest BCUT2D eigenvalue weighted by atomic mass is 10.1. The van der Waals surface area contributed by atoms with Crippen molar-refractivity contribution in [1.82, 2.24) is 0 Å². The van der Waals surface area contributed by atoms with Gasteiger partial charge in [0, 0.05) is 11.4 Å². The van der Waals surface area contributed by atoms with Gasteiger partial charge in [0.15, 0.2) is 0 Å². The summed E-state index contributed by atoms with van der Waals surface area (Å²) in [6, 6.07) is 13.4. The molecule has 0 bridgehead atoms. The van der Waals surface area contributed by atoms with Gasteiger partial charge in [-0.15, -0.1) is 0 Å². The number of carbonyl (C=O) groups is 1. The molecule has 0 fully saturated rings. The van der Waals surface area contributed by atoms with E-state index in [1.807, 2.05) is 6.07 Å². The molecule has 2 rings (SSSR count). The molecule has 3 N–H and O–H groups in total. The monoisotopic (exact) mass is 271 g/mol. The predicted octanol–water partition coefficient (Wildman–Crippen LogP) is 3.05. The first-order chi connectivity index (χ1) is 9.11. The molecule has 0 saturated carbocycles. The van der Waals surface area contributed by atoms with Crippen LogP contribution in [0.1, 0.15) is 15.9 Å². The van der Waals surface area contributed by atoms with Crippen LogP contribution in [0.3, 0.4) is 0 Å². The van der Waals surface area contributed by atoms with Gasteiger partial charge in [-0.05, 0) is 36.4 Å². The van der Waals surface area contributed by atoms with Gasteiger partial charge in [0.1, 0.15) is 6.07 Å². The van der Waals surface area contributed by atoms with E-state index in [0.717, 1.165) is 0 Å². The second kappa shape index (κ2) is 5.42. The smallest absolute Gasteiger partial charge is 0.257 e. The third kappa shape index (κ3) is 2.84. The van der Waals surface area contributed by atoms with Crippen LogP contribution >= 0.6 is 11.6 Å². The summed E-state index contributed by atoms with van der Waals surface area (Å²) < 4.78 is 0. The van der Waals surface area contributed by atoms with Gasteiger partial charge in [0.2, 0.25) is 0 Å². The van der Waals surface area contributed by atoms with E-state index in [2.05, 4.69) is 5.32 Å². The van der Waals surface area contributed by atoms with Crippen LogP contribution in [-0.4, -0.2) is 5.91 Å². The Morgan fingerprint density at radius 2 is 1.89 bits per heavy atom. The maximum absolute atomic E-state index is 12.1. The van der Waals surface area contributed by atoms with Crippen molar-refractivity contribution in [2.75, 3.05) is 11.1 Å². The molecule has 0 aliphatic heterocycles. The summed E-state index contributed by atoms with van der Waals surface area (Å²) in [4.78, 5) is 12.1. The zero-order valence-electron chi connectivity index (χ0n) is 9.85. The van der Waals surface area contributed by atoms with Gasteiger partial charge in [0.05, 0.1) is 16.1 Å². The molecule has 0 aliphatic carbocycles. The van der Waals surface area contributed by atoms with Gasteiger partial charge in [-0.3, -0.25) is 4.79 Å². The minimum absolute atomic E-state index is 0.151. The zero-order chi connectivity index (χ0) is 13.8. The highest BCUT2D eigenvalue weighted by Gasteiger charge is 2.13. The number of nitrogens with zero attached hydrogens (tertiary/aromatic N) is 1. The van der Waals surface area contributed by atoms with E-state index >= 15 is 0 Å². The van der Waals surface area contributed by atoms with Crippen LogP contribution in [0.25, 0.3) is 0 Å². The van der Waals surface area contributed by atoms with Gasteiger partial charge in [-0.25, -0.2) is 0 Å². The number of carbonyl (C=O) groups excluding carboxylic acids is 1. The van der Waals surface area contributed by atoms with Crippen LogP contribution < -0.4 is 11.1 Å². The maximum Gasteiger partial charge on any atom is 0.257 e. The van der Waals surface area contributed by atoms with E-state index in [0.29, 0.717) is 11.4 Å². The third-order valence-corrected chi connectivity index (χ3v) is 2.94. The van der Waals surface area contributed by atoms with Crippen molar-refractivity contribution in [3.05, 3.63) is 58.6 Å². The number of nitrogen functional groups attached to an aromatic ring is 1. The number of hydrogen-bond donors (Lipinski definition) is 2. The lowest BCUT2D eigenvalue weighted by Gasteiger charge is -2.07. The molecule has 0 aromatic heterocycles. The average Bonchev–Trinajstić information content (AvgIpc) is 2.41. The first-order valence-electron chi connectivity index (χ1n) is 5.47. The highest BCUT2D eigenvalue weighted by atomic mass is 35.5.